The van der Waals surface area contributed by atoms with E-state index in [-0.39, 0.29) is 17.0 Å². The van der Waals surface area contributed by atoms with Gasteiger partial charge in [0.2, 0.25) is 0 Å². The maximum absolute atomic E-state index is 5.75. The molecule has 0 aromatic carbocycles. The predicted molar refractivity (Wildman–Crippen MR) is 78.5 cm³/mol. The molecule has 2 atom stereocenters. The van der Waals surface area contributed by atoms with Gasteiger partial charge in [0.15, 0.2) is 0 Å². The fourth-order valence-electron chi connectivity index (χ4n) is 2.11. The molecular formula is C16H34O2V. The van der Waals surface area contributed by atoms with Crippen molar-refractivity contribution in [2.45, 2.75) is 79.1 Å². The Morgan fingerprint density at radius 3 is 1.47 bits per heavy atom. The van der Waals surface area contributed by atoms with Crippen LogP contribution in [0.4, 0.5) is 0 Å². The van der Waals surface area contributed by atoms with Crippen molar-refractivity contribution in [2.75, 3.05) is 13.2 Å². The van der Waals surface area contributed by atoms with Gasteiger partial charge < -0.3 is 0 Å². The van der Waals surface area contributed by atoms with Gasteiger partial charge in [0.05, 0.1) is 0 Å². The number of rotatable bonds is 14. The molecule has 0 spiro atoms. The molecule has 0 aliphatic carbocycles. The molecule has 2 unspecified atom stereocenters. The second kappa shape index (κ2) is 14.9. The monoisotopic (exact) mass is 309 g/mol. The van der Waals surface area contributed by atoms with E-state index in [1.165, 1.54) is 51.4 Å². The Balaban J connectivity index is 3.50. The topological polar surface area (TPSA) is 18.5 Å². The summed E-state index contributed by atoms with van der Waals surface area (Å²) in [5.41, 5.74) is 0. The first-order valence-corrected chi connectivity index (χ1v) is 9.36. The standard InChI is InChI=1S/2C8H17O.V/c2*1-3-5-6-8(4-2)7-9;/h2*8H,3-7H2,1-2H3;/q2*-1;+2. The first-order chi connectivity index (χ1) is 9.28. The van der Waals surface area contributed by atoms with Crippen LogP contribution in [0.1, 0.15) is 79.1 Å². The van der Waals surface area contributed by atoms with E-state index in [9.17, 15) is 0 Å². The quantitative estimate of drug-likeness (QED) is 0.402. The van der Waals surface area contributed by atoms with E-state index in [4.69, 9.17) is 7.32 Å². The summed E-state index contributed by atoms with van der Waals surface area (Å²) in [5.74, 6) is 1.47. The van der Waals surface area contributed by atoms with Crippen molar-refractivity contribution in [1.29, 1.82) is 0 Å². The third-order valence-electron chi connectivity index (χ3n) is 3.81. The summed E-state index contributed by atoms with van der Waals surface area (Å²) in [6.07, 6.45) is 10.3. The molecule has 0 aromatic rings. The molecule has 0 aromatic heterocycles. The zero-order chi connectivity index (χ0) is 14.3. The van der Waals surface area contributed by atoms with Crippen LogP contribution >= 0.6 is 0 Å². The Bertz CT molecular complexity index is 158. The number of unbranched alkanes of at least 4 members (excludes halogenated alkanes) is 2. The molecule has 3 heteroatoms. The fraction of sp³-hybridized carbons (Fsp3) is 1.00. The van der Waals surface area contributed by atoms with Gasteiger partial charge in [-0.05, 0) is 0 Å². The summed E-state index contributed by atoms with van der Waals surface area (Å²) >= 11 is -0.344. The van der Waals surface area contributed by atoms with E-state index >= 15 is 0 Å². The molecule has 0 amide bonds. The van der Waals surface area contributed by atoms with Gasteiger partial charge in [0.1, 0.15) is 0 Å². The molecule has 2 nitrogen and oxygen atoms in total. The molecule has 0 fully saturated rings. The van der Waals surface area contributed by atoms with Gasteiger partial charge in [-0.25, -0.2) is 0 Å². The Hall–Kier alpha value is 0.504. The van der Waals surface area contributed by atoms with Crippen molar-refractivity contribution in [2.24, 2.45) is 11.8 Å². The fourth-order valence-corrected chi connectivity index (χ4v) is 3.07. The average molecular weight is 309 g/mol. The zero-order valence-corrected chi connectivity index (χ0v) is 14.9. The van der Waals surface area contributed by atoms with Crippen molar-refractivity contribution in [3.8, 4) is 0 Å². The van der Waals surface area contributed by atoms with Crippen LogP contribution in [0.2, 0.25) is 0 Å². The molecule has 0 bridgehead atoms. The van der Waals surface area contributed by atoms with Crippen LogP contribution in [0.5, 0.6) is 0 Å². The van der Waals surface area contributed by atoms with Crippen molar-refractivity contribution in [1.82, 2.24) is 0 Å². The van der Waals surface area contributed by atoms with Crippen LogP contribution in [0, 0.1) is 11.8 Å². The van der Waals surface area contributed by atoms with Crippen molar-refractivity contribution < 1.29 is 24.3 Å². The van der Waals surface area contributed by atoms with Crippen LogP contribution in [0.15, 0.2) is 0 Å². The van der Waals surface area contributed by atoms with E-state index in [0.717, 1.165) is 25.0 Å². The van der Waals surface area contributed by atoms with Gasteiger partial charge in [-0.15, -0.1) is 0 Å². The van der Waals surface area contributed by atoms with Crippen LogP contribution in [0.25, 0.3) is 0 Å². The van der Waals surface area contributed by atoms with Crippen molar-refractivity contribution >= 4 is 0 Å². The van der Waals surface area contributed by atoms with Gasteiger partial charge in [0.25, 0.3) is 0 Å². The molecule has 0 radical (unpaired) electrons. The Morgan fingerprint density at radius 1 is 0.737 bits per heavy atom. The summed E-state index contributed by atoms with van der Waals surface area (Å²) in [5, 5.41) is 0. The molecular weight excluding hydrogens is 275 g/mol. The van der Waals surface area contributed by atoms with E-state index in [2.05, 4.69) is 27.7 Å². The summed E-state index contributed by atoms with van der Waals surface area (Å²) in [6, 6.07) is 0. The number of hydrogen-bond donors (Lipinski definition) is 0. The number of hydrogen-bond acceptors (Lipinski definition) is 2. The second-order valence-electron chi connectivity index (χ2n) is 5.50. The molecule has 19 heavy (non-hydrogen) atoms. The van der Waals surface area contributed by atoms with Gasteiger partial charge in [-0.3, -0.25) is 0 Å². The third-order valence-corrected chi connectivity index (χ3v) is 4.61. The molecule has 115 valence electrons. The van der Waals surface area contributed by atoms with E-state index in [0.29, 0.717) is 0 Å². The van der Waals surface area contributed by atoms with Gasteiger partial charge in [-0.2, -0.15) is 0 Å². The molecule has 0 rings (SSSR count). The van der Waals surface area contributed by atoms with Gasteiger partial charge >= 0.3 is 128 Å². The van der Waals surface area contributed by atoms with E-state index in [1.807, 2.05) is 0 Å². The van der Waals surface area contributed by atoms with Crippen LogP contribution < -0.4 is 0 Å². The average Bonchev–Trinajstić information content (AvgIpc) is 2.45. The predicted octanol–water partition coefficient (Wildman–Crippen LogP) is 5.36. The zero-order valence-electron chi connectivity index (χ0n) is 13.5. The maximum atomic E-state index is 5.75. The summed E-state index contributed by atoms with van der Waals surface area (Å²) in [6.45, 7) is 10.8. The first-order valence-electron chi connectivity index (χ1n) is 8.22. The third kappa shape index (κ3) is 12.0. The SMILES string of the molecule is CCCCC(CC)C[O][V][O]CC(CC)CCCC. The minimum atomic E-state index is -0.344. The van der Waals surface area contributed by atoms with E-state index < -0.39 is 0 Å². The van der Waals surface area contributed by atoms with Gasteiger partial charge in [-0.1, -0.05) is 0 Å². The van der Waals surface area contributed by atoms with Crippen LogP contribution in [-0.4, -0.2) is 13.2 Å². The first kappa shape index (κ1) is 19.5. The summed E-state index contributed by atoms with van der Waals surface area (Å²) in [4.78, 5) is 0. The summed E-state index contributed by atoms with van der Waals surface area (Å²) in [7, 11) is 0. The van der Waals surface area contributed by atoms with Gasteiger partial charge in [0, 0.05) is 0 Å². The molecule has 0 saturated heterocycles. The molecule has 0 aliphatic heterocycles. The molecule has 0 heterocycles. The normalized spacial score (nSPS) is 14.3. The summed E-state index contributed by atoms with van der Waals surface area (Å²) < 4.78 is 11.5. The minimum absolute atomic E-state index is 0.344. The van der Waals surface area contributed by atoms with Crippen molar-refractivity contribution in [3.63, 3.8) is 0 Å². The second-order valence-corrected chi connectivity index (χ2v) is 6.54. The molecule has 0 saturated carbocycles. The van der Waals surface area contributed by atoms with E-state index in [1.54, 1.807) is 0 Å². The van der Waals surface area contributed by atoms with Crippen LogP contribution in [0.3, 0.4) is 0 Å². The Morgan fingerprint density at radius 2 is 1.16 bits per heavy atom. The Labute approximate surface area is 128 Å². The molecule has 0 aliphatic rings. The van der Waals surface area contributed by atoms with Crippen molar-refractivity contribution in [3.05, 3.63) is 0 Å². The molecule has 0 N–H and O–H groups in total. The van der Waals surface area contributed by atoms with Crippen LogP contribution in [-0.2, 0) is 24.3 Å². The Kier molecular flexibility index (Phi) is 15.3.